The van der Waals surface area contributed by atoms with Gasteiger partial charge in [-0.1, -0.05) is 6.58 Å². The van der Waals surface area contributed by atoms with Crippen LogP contribution in [0.15, 0.2) is 12.8 Å². The topological polar surface area (TPSA) is 20.3 Å². The van der Waals surface area contributed by atoms with E-state index in [2.05, 4.69) is 6.58 Å². The number of rotatable bonds is 3. The van der Waals surface area contributed by atoms with Crippen LogP contribution in [-0.2, 0) is 4.79 Å². The van der Waals surface area contributed by atoms with Gasteiger partial charge >= 0.3 is 0 Å². The van der Waals surface area contributed by atoms with Gasteiger partial charge in [0.1, 0.15) is 0 Å². The third-order valence-corrected chi connectivity index (χ3v) is 1.47. The molecule has 0 fully saturated rings. The van der Waals surface area contributed by atoms with Crippen LogP contribution in [0.25, 0.3) is 0 Å². The molecule has 0 aliphatic heterocycles. The lowest BCUT2D eigenvalue weighted by Gasteiger charge is -2.08. The highest BCUT2D eigenvalue weighted by Crippen LogP contribution is 1.94. The van der Waals surface area contributed by atoms with Crippen molar-refractivity contribution in [1.29, 1.82) is 0 Å². The third kappa shape index (κ3) is 3.19. The first-order chi connectivity index (χ1) is 4.22. The maximum absolute atomic E-state index is 10.8. The third-order valence-electron chi connectivity index (χ3n) is 0.935. The Bertz CT molecular complexity index is 114. The first-order valence-electron chi connectivity index (χ1n) is 2.59. The van der Waals surface area contributed by atoms with Crippen LogP contribution in [0.5, 0.6) is 0 Å². The first-order valence-corrected chi connectivity index (χ1v) is 3.99. The highest BCUT2D eigenvalue weighted by Gasteiger charge is 2.01. The Kier molecular flexibility index (Phi) is 4.22. The molecule has 0 heterocycles. The largest absolute Gasteiger partial charge is 0.322 e. The maximum Gasteiger partial charge on any atom is 0.236 e. The molecule has 1 amide bonds. The predicted molar refractivity (Wildman–Crippen MR) is 41.3 cm³/mol. The van der Waals surface area contributed by atoms with Gasteiger partial charge in [-0.25, -0.2) is 0 Å². The van der Waals surface area contributed by atoms with Gasteiger partial charge in [-0.3, -0.25) is 4.79 Å². The molecule has 0 bridgehead atoms. The quantitative estimate of drug-likeness (QED) is 0.589. The Morgan fingerprint density at radius 3 is 2.78 bits per heavy atom. The molecule has 0 aromatic heterocycles. The average molecular weight is 145 g/mol. The van der Waals surface area contributed by atoms with Crippen molar-refractivity contribution in [3.8, 4) is 0 Å². The number of nitrogens with zero attached hydrogens (tertiary/aromatic N) is 1. The van der Waals surface area contributed by atoms with Crippen LogP contribution in [0, 0.1) is 0 Å². The SMILES string of the molecule is C=CN(C)C(=O)CSC. The fraction of sp³-hybridized carbons (Fsp3) is 0.500. The summed E-state index contributed by atoms with van der Waals surface area (Å²) in [6.07, 6.45) is 3.41. The maximum atomic E-state index is 10.8. The van der Waals surface area contributed by atoms with E-state index < -0.39 is 0 Å². The van der Waals surface area contributed by atoms with Gasteiger partial charge in [-0.05, 0) is 12.5 Å². The lowest BCUT2D eigenvalue weighted by atomic mass is 10.6. The molecule has 0 aliphatic rings. The van der Waals surface area contributed by atoms with Gasteiger partial charge in [-0.15, -0.1) is 0 Å². The van der Waals surface area contributed by atoms with Crippen molar-refractivity contribution >= 4 is 17.7 Å². The molecule has 0 atom stereocenters. The van der Waals surface area contributed by atoms with E-state index in [-0.39, 0.29) is 5.91 Å². The molecule has 0 radical (unpaired) electrons. The average Bonchev–Trinajstić information content (AvgIpc) is 1.87. The summed E-state index contributed by atoms with van der Waals surface area (Å²) in [5, 5.41) is 0. The lowest BCUT2D eigenvalue weighted by Crippen LogP contribution is -2.21. The molecular weight excluding hydrogens is 134 g/mol. The Morgan fingerprint density at radius 2 is 2.44 bits per heavy atom. The molecule has 0 aromatic rings. The summed E-state index contributed by atoms with van der Waals surface area (Å²) in [6, 6.07) is 0. The fourth-order valence-electron chi connectivity index (χ4n) is 0.327. The highest BCUT2D eigenvalue weighted by atomic mass is 32.2. The molecule has 0 N–H and O–H groups in total. The van der Waals surface area contributed by atoms with Crippen molar-refractivity contribution in [3.63, 3.8) is 0 Å². The van der Waals surface area contributed by atoms with Gasteiger partial charge in [0.05, 0.1) is 5.75 Å². The van der Waals surface area contributed by atoms with E-state index >= 15 is 0 Å². The molecule has 0 aliphatic carbocycles. The second-order valence-corrected chi connectivity index (χ2v) is 2.49. The molecule has 0 aromatic carbocycles. The molecule has 2 nitrogen and oxygen atoms in total. The number of hydrogen-bond donors (Lipinski definition) is 0. The van der Waals surface area contributed by atoms with Gasteiger partial charge in [-0.2, -0.15) is 11.8 Å². The summed E-state index contributed by atoms with van der Waals surface area (Å²) < 4.78 is 0. The van der Waals surface area contributed by atoms with E-state index in [9.17, 15) is 4.79 Å². The van der Waals surface area contributed by atoms with E-state index in [0.717, 1.165) is 0 Å². The Balaban J connectivity index is 3.58. The zero-order chi connectivity index (χ0) is 7.28. The molecule has 52 valence electrons. The van der Waals surface area contributed by atoms with Gasteiger partial charge in [0.25, 0.3) is 0 Å². The summed E-state index contributed by atoms with van der Waals surface area (Å²) in [6.45, 7) is 3.46. The van der Waals surface area contributed by atoms with Crippen LogP contribution in [0.4, 0.5) is 0 Å². The Hall–Kier alpha value is -0.440. The minimum absolute atomic E-state index is 0.0949. The molecule has 0 unspecified atom stereocenters. The monoisotopic (exact) mass is 145 g/mol. The molecule has 0 saturated heterocycles. The standard InChI is InChI=1S/C6H11NOS/c1-4-7(2)6(8)5-9-3/h4H,1,5H2,2-3H3. The highest BCUT2D eigenvalue weighted by molar-refractivity contribution is 7.99. The zero-order valence-electron chi connectivity index (χ0n) is 5.76. The second-order valence-electron chi connectivity index (χ2n) is 1.62. The van der Waals surface area contributed by atoms with Crippen LogP contribution in [-0.4, -0.2) is 29.9 Å². The number of thioether (sulfide) groups is 1. The molecule has 0 saturated carbocycles. The van der Waals surface area contributed by atoms with Crippen LogP contribution in [0.3, 0.4) is 0 Å². The normalized spacial score (nSPS) is 8.67. The van der Waals surface area contributed by atoms with E-state index in [1.807, 2.05) is 6.26 Å². The van der Waals surface area contributed by atoms with Gasteiger partial charge in [0.15, 0.2) is 0 Å². The fourth-order valence-corrected chi connectivity index (χ4v) is 0.778. The van der Waals surface area contributed by atoms with Crippen molar-refractivity contribution in [2.75, 3.05) is 19.1 Å². The summed E-state index contributed by atoms with van der Waals surface area (Å²) in [4.78, 5) is 12.3. The minimum Gasteiger partial charge on any atom is -0.322 e. The number of carbonyl (C=O) groups excluding carboxylic acids is 1. The summed E-state index contributed by atoms with van der Waals surface area (Å²) in [7, 11) is 1.70. The molecule has 9 heavy (non-hydrogen) atoms. The second kappa shape index (κ2) is 4.44. The summed E-state index contributed by atoms with van der Waals surface area (Å²) in [5.74, 6) is 0.625. The molecule has 0 rings (SSSR count). The molecule has 3 heteroatoms. The molecule has 0 spiro atoms. The number of amides is 1. The van der Waals surface area contributed by atoms with Crippen molar-refractivity contribution < 1.29 is 4.79 Å². The number of hydrogen-bond acceptors (Lipinski definition) is 2. The minimum atomic E-state index is 0.0949. The first kappa shape index (κ1) is 8.56. The molecular formula is C6H11NOS. The van der Waals surface area contributed by atoms with Crippen LogP contribution in [0.1, 0.15) is 0 Å². The van der Waals surface area contributed by atoms with Crippen molar-refractivity contribution in [1.82, 2.24) is 4.90 Å². The van der Waals surface area contributed by atoms with E-state index in [1.54, 1.807) is 7.05 Å². The summed E-state index contributed by atoms with van der Waals surface area (Å²) in [5.41, 5.74) is 0. The van der Waals surface area contributed by atoms with Crippen LogP contribution in [0.2, 0.25) is 0 Å². The van der Waals surface area contributed by atoms with Gasteiger partial charge in [0.2, 0.25) is 5.91 Å². The van der Waals surface area contributed by atoms with Gasteiger partial charge < -0.3 is 4.90 Å². The Morgan fingerprint density at radius 1 is 1.89 bits per heavy atom. The van der Waals surface area contributed by atoms with E-state index in [0.29, 0.717) is 5.75 Å². The predicted octanol–water partition coefficient (Wildman–Crippen LogP) is 0.951. The van der Waals surface area contributed by atoms with E-state index in [1.165, 1.54) is 22.9 Å². The van der Waals surface area contributed by atoms with Crippen LogP contribution < -0.4 is 0 Å². The van der Waals surface area contributed by atoms with Crippen molar-refractivity contribution in [2.24, 2.45) is 0 Å². The Labute approximate surface area is 59.9 Å². The zero-order valence-corrected chi connectivity index (χ0v) is 6.57. The van der Waals surface area contributed by atoms with Crippen molar-refractivity contribution in [3.05, 3.63) is 12.8 Å². The lowest BCUT2D eigenvalue weighted by molar-refractivity contribution is -0.124. The smallest absolute Gasteiger partial charge is 0.236 e. The van der Waals surface area contributed by atoms with Crippen molar-refractivity contribution in [2.45, 2.75) is 0 Å². The number of carbonyl (C=O) groups is 1. The van der Waals surface area contributed by atoms with Crippen LogP contribution >= 0.6 is 11.8 Å². The summed E-state index contributed by atoms with van der Waals surface area (Å²) >= 11 is 1.51. The van der Waals surface area contributed by atoms with Gasteiger partial charge in [0, 0.05) is 7.05 Å². The van der Waals surface area contributed by atoms with E-state index in [4.69, 9.17) is 0 Å².